The summed E-state index contributed by atoms with van der Waals surface area (Å²) in [5.41, 5.74) is 4.37. The Balaban J connectivity index is 1.56. The average molecular weight is 371 g/mol. The summed E-state index contributed by atoms with van der Waals surface area (Å²) in [6.07, 6.45) is 3.52. The molecule has 2 saturated carbocycles. The molecule has 0 amide bonds. The van der Waals surface area contributed by atoms with Crippen LogP contribution in [0.2, 0.25) is 5.02 Å². The molecule has 2 fully saturated rings. The summed E-state index contributed by atoms with van der Waals surface area (Å²) in [6, 6.07) is 12.5. The molecule has 0 saturated heterocycles. The van der Waals surface area contributed by atoms with Gasteiger partial charge in [-0.2, -0.15) is 0 Å². The minimum Gasteiger partial charge on any atom is -0.207 e. The van der Waals surface area contributed by atoms with Gasteiger partial charge in [0.15, 0.2) is 0 Å². The Labute approximate surface area is 161 Å². The maximum atomic E-state index is 14.8. The van der Waals surface area contributed by atoms with Crippen molar-refractivity contribution in [1.29, 1.82) is 0 Å². The van der Waals surface area contributed by atoms with Gasteiger partial charge in [0.1, 0.15) is 5.82 Å². The SMILES string of the molecule is CC(C)c1ccc(C2CC2C(C)(C)c2ccc(C3CC3)cc2F)cc1Cl. The number of halogens is 2. The lowest BCUT2D eigenvalue weighted by Gasteiger charge is -2.27. The molecule has 2 aliphatic rings. The van der Waals surface area contributed by atoms with Gasteiger partial charge in [-0.1, -0.05) is 63.6 Å². The highest BCUT2D eigenvalue weighted by atomic mass is 35.5. The van der Waals surface area contributed by atoms with Crippen molar-refractivity contribution < 1.29 is 4.39 Å². The monoisotopic (exact) mass is 370 g/mol. The smallest absolute Gasteiger partial charge is 0.127 e. The summed E-state index contributed by atoms with van der Waals surface area (Å²) < 4.78 is 14.8. The molecule has 0 aromatic heterocycles. The molecular weight excluding hydrogens is 343 g/mol. The van der Waals surface area contributed by atoms with Gasteiger partial charge in [-0.05, 0) is 82.7 Å². The topological polar surface area (TPSA) is 0 Å². The van der Waals surface area contributed by atoms with Crippen LogP contribution < -0.4 is 0 Å². The van der Waals surface area contributed by atoms with Gasteiger partial charge >= 0.3 is 0 Å². The fourth-order valence-electron chi connectivity index (χ4n) is 4.53. The Kier molecular flexibility index (Phi) is 4.42. The fraction of sp³-hybridized carbons (Fsp3) is 0.500. The first-order chi connectivity index (χ1) is 12.3. The standard InChI is InChI=1S/C24H28ClF/c1-14(2)18-9-7-17(11-22(18)25)19-13-21(19)24(3,4)20-10-8-16(12-23(20)26)15-5-6-15/h7-12,14-15,19,21H,5-6,13H2,1-4H3. The van der Waals surface area contributed by atoms with Crippen molar-refractivity contribution in [3.05, 3.63) is 69.5 Å². The van der Waals surface area contributed by atoms with Gasteiger partial charge in [-0.3, -0.25) is 0 Å². The van der Waals surface area contributed by atoms with E-state index in [1.807, 2.05) is 6.07 Å². The van der Waals surface area contributed by atoms with E-state index in [-0.39, 0.29) is 11.2 Å². The zero-order chi connectivity index (χ0) is 18.6. The average Bonchev–Trinajstić information content (AvgIpc) is 3.47. The molecule has 0 bridgehead atoms. The Morgan fingerprint density at radius 3 is 2.31 bits per heavy atom. The molecule has 0 radical (unpaired) electrons. The lowest BCUT2D eigenvalue weighted by atomic mass is 9.77. The van der Waals surface area contributed by atoms with Crippen molar-refractivity contribution in [1.82, 2.24) is 0 Å². The molecule has 2 atom stereocenters. The van der Waals surface area contributed by atoms with Gasteiger partial charge in [-0.15, -0.1) is 0 Å². The minimum absolute atomic E-state index is 0.0294. The third-order valence-corrected chi connectivity index (χ3v) is 6.86. The first-order valence-corrected chi connectivity index (χ1v) is 10.3. The van der Waals surface area contributed by atoms with Crippen LogP contribution in [0, 0.1) is 11.7 Å². The zero-order valence-corrected chi connectivity index (χ0v) is 16.9. The van der Waals surface area contributed by atoms with E-state index >= 15 is 0 Å². The highest BCUT2D eigenvalue weighted by Crippen LogP contribution is 2.58. The molecule has 4 rings (SSSR count). The van der Waals surface area contributed by atoms with Gasteiger partial charge in [0.05, 0.1) is 0 Å². The highest BCUT2D eigenvalue weighted by molar-refractivity contribution is 6.31. The Bertz CT molecular complexity index is 832. The summed E-state index contributed by atoms with van der Waals surface area (Å²) in [5, 5.41) is 0.862. The van der Waals surface area contributed by atoms with E-state index < -0.39 is 0 Å². The van der Waals surface area contributed by atoms with Gasteiger partial charge in [0.25, 0.3) is 0 Å². The maximum absolute atomic E-state index is 14.8. The molecule has 0 spiro atoms. The van der Waals surface area contributed by atoms with E-state index in [4.69, 9.17) is 11.6 Å². The molecule has 2 heteroatoms. The van der Waals surface area contributed by atoms with Crippen molar-refractivity contribution in [3.8, 4) is 0 Å². The number of benzene rings is 2. The van der Waals surface area contributed by atoms with E-state index in [1.54, 1.807) is 6.07 Å². The third-order valence-electron chi connectivity index (χ3n) is 6.53. The minimum atomic E-state index is -0.167. The molecule has 138 valence electrons. The van der Waals surface area contributed by atoms with Crippen molar-refractivity contribution in [2.75, 3.05) is 0 Å². The molecular formula is C24H28ClF. The Hall–Kier alpha value is -1.34. The molecule has 2 unspecified atom stereocenters. The zero-order valence-electron chi connectivity index (χ0n) is 16.2. The van der Waals surface area contributed by atoms with Crippen molar-refractivity contribution >= 4 is 11.6 Å². The molecule has 0 heterocycles. The second-order valence-electron chi connectivity index (χ2n) is 9.12. The lowest BCUT2D eigenvalue weighted by Crippen LogP contribution is -2.22. The molecule has 26 heavy (non-hydrogen) atoms. The Morgan fingerprint density at radius 2 is 1.73 bits per heavy atom. The maximum Gasteiger partial charge on any atom is 0.127 e. The number of hydrogen-bond acceptors (Lipinski definition) is 0. The molecule has 0 aliphatic heterocycles. The largest absolute Gasteiger partial charge is 0.207 e. The van der Waals surface area contributed by atoms with Crippen molar-refractivity contribution in [2.45, 2.75) is 70.1 Å². The Morgan fingerprint density at radius 1 is 1.04 bits per heavy atom. The van der Waals surface area contributed by atoms with Crippen molar-refractivity contribution in [3.63, 3.8) is 0 Å². The summed E-state index contributed by atoms with van der Waals surface area (Å²) in [7, 11) is 0. The molecule has 2 aromatic carbocycles. The van der Waals surface area contributed by atoms with Gasteiger partial charge in [0.2, 0.25) is 0 Å². The summed E-state index contributed by atoms with van der Waals surface area (Å²) in [6.45, 7) is 8.71. The molecule has 0 nitrogen and oxygen atoms in total. The van der Waals surface area contributed by atoms with Gasteiger partial charge < -0.3 is 0 Å². The lowest BCUT2D eigenvalue weighted by molar-refractivity contribution is 0.419. The van der Waals surface area contributed by atoms with E-state index in [1.165, 1.54) is 29.5 Å². The summed E-state index contributed by atoms with van der Waals surface area (Å²) in [4.78, 5) is 0. The van der Waals surface area contributed by atoms with E-state index in [0.29, 0.717) is 23.7 Å². The molecule has 0 N–H and O–H groups in total. The van der Waals surface area contributed by atoms with Gasteiger partial charge in [-0.25, -0.2) is 4.39 Å². The third kappa shape index (κ3) is 3.20. The first-order valence-electron chi connectivity index (χ1n) is 9.88. The van der Waals surface area contributed by atoms with Crippen LogP contribution in [-0.2, 0) is 5.41 Å². The number of rotatable bonds is 5. The quantitative estimate of drug-likeness (QED) is 0.509. The van der Waals surface area contributed by atoms with Crippen LogP contribution in [-0.4, -0.2) is 0 Å². The van der Waals surface area contributed by atoms with Crippen LogP contribution >= 0.6 is 11.6 Å². The predicted octanol–water partition coefficient (Wildman–Crippen LogP) is 7.56. The first kappa shape index (κ1) is 18.0. The van der Waals surface area contributed by atoms with Crippen LogP contribution in [0.3, 0.4) is 0 Å². The second-order valence-corrected chi connectivity index (χ2v) is 9.53. The van der Waals surface area contributed by atoms with Crippen LogP contribution in [0.4, 0.5) is 4.39 Å². The predicted molar refractivity (Wildman–Crippen MR) is 108 cm³/mol. The van der Waals surface area contributed by atoms with Crippen molar-refractivity contribution in [2.24, 2.45) is 5.92 Å². The summed E-state index contributed by atoms with van der Waals surface area (Å²) >= 11 is 6.49. The van der Waals surface area contributed by atoms with Crippen LogP contribution in [0.15, 0.2) is 36.4 Å². The molecule has 2 aromatic rings. The van der Waals surface area contributed by atoms with Crippen LogP contribution in [0.1, 0.15) is 87.0 Å². The summed E-state index contributed by atoms with van der Waals surface area (Å²) in [5.74, 6) is 1.94. The van der Waals surface area contributed by atoms with E-state index in [9.17, 15) is 4.39 Å². The van der Waals surface area contributed by atoms with Gasteiger partial charge in [0, 0.05) is 5.02 Å². The second kappa shape index (κ2) is 6.37. The normalized spacial score (nSPS) is 22.7. The van der Waals surface area contributed by atoms with Crippen LogP contribution in [0.5, 0.6) is 0 Å². The fourth-order valence-corrected chi connectivity index (χ4v) is 4.93. The highest BCUT2D eigenvalue weighted by Gasteiger charge is 2.49. The molecule has 2 aliphatic carbocycles. The van der Waals surface area contributed by atoms with E-state index in [0.717, 1.165) is 17.0 Å². The van der Waals surface area contributed by atoms with Crippen LogP contribution in [0.25, 0.3) is 0 Å². The number of hydrogen-bond donors (Lipinski definition) is 0. The van der Waals surface area contributed by atoms with E-state index in [2.05, 4.69) is 52.0 Å².